The summed E-state index contributed by atoms with van der Waals surface area (Å²) in [6.45, 7) is -0.842. The van der Waals surface area contributed by atoms with Gasteiger partial charge < -0.3 is 15.0 Å². The van der Waals surface area contributed by atoms with Crippen LogP contribution in [0.3, 0.4) is 0 Å². The Morgan fingerprint density at radius 3 is 2.85 bits per heavy atom. The van der Waals surface area contributed by atoms with Crippen molar-refractivity contribution in [2.24, 2.45) is 5.92 Å². The maximum atomic E-state index is 12.5. The quantitative estimate of drug-likeness (QED) is 0.801. The zero-order chi connectivity index (χ0) is 18.7. The first-order valence-electron chi connectivity index (χ1n) is 8.18. The fraction of sp³-hybridized carbons (Fsp3) is 0.412. The minimum atomic E-state index is -0.672. The lowest BCUT2D eigenvalue weighted by Gasteiger charge is -2.09. The number of rotatable bonds is 7. The standard InChI is InChI=1S/C17H19FN4O3S/c1-22(2)17(24)13-15(25-8-6-18)21-16(26-13)11-5-7-19-12(9-11)20-14(23)10-3-4-10/h5,7,9-10H,3-4,6,8H2,1-2H3,(H,19,20,23). The first-order valence-corrected chi connectivity index (χ1v) is 8.99. The summed E-state index contributed by atoms with van der Waals surface area (Å²) in [5, 5.41) is 3.32. The minimum absolute atomic E-state index is 0.0377. The van der Waals surface area contributed by atoms with Gasteiger partial charge in [0.25, 0.3) is 5.91 Å². The molecule has 1 aliphatic carbocycles. The molecule has 0 saturated heterocycles. The zero-order valence-electron chi connectivity index (χ0n) is 14.5. The van der Waals surface area contributed by atoms with Crippen molar-refractivity contribution in [3.05, 3.63) is 23.2 Å². The summed E-state index contributed by atoms with van der Waals surface area (Å²) < 4.78 is 17.7. The van der Waals surface area contributed by atoms with Crippen molar-refractivity contribution in [3.63, 3.8) is 0 Å². The highest BCUT2D eigenvalue weighted by Gasteiger charge is 2.30. The predicted octanol–water partition coefficient (Wildman–Crippen LogP) is 2.60. The molecule has 2 aromatic rings. The van der Waals surface area contributed by atoms with Gasteiger partial charge in [0.1, 0.15) is 24.1 Å². The number of amides is 2. The van der Waals surface area contributed by atoms with Crippen LogP contribution in [0.15, 0.2) is 18.3 Å². The van der Waals surface area contributed by atoms with E-state index >= 15 is 0 Å². The maximum absolute atomic E-state index is 12.5. The summed E-state index contributed by atoms with van der Waals surface area (Å²) in [5.41, 5.74) is 0.694. The third kappa shape index (κ3) is 4.16. The van der Waals surface area contributed by atoms with Crippen LogP contribution in [0.5, 0.6) is 5.88 Å². The molecule has 2 aromatic heterocycles. The second-order valence-electron chi connectivity index (χ2n) is 6.08. The summed E-state index contributed by atoms with van der Waals surface area (Å²) >= 11 is 1.16. The van der Waals surface area contributed by atoms with Crippen LogP contribution in [0.1, 0.15) is 22.5 Å². The second kappa shape index (κ2) is 7.77. The van der Waals surface area contributed by atoms with Crippen molar-refractivity contribution < 1.29 is 18.7 Å². The summed E-state index contributed by atoms with van der Waals surface area (Å²) in [6.07, 6.45) is 3.38. The molecule has 0 aliphatic heterocycles. The molecule has 1 fully saturated rings. The normalized spacial score (nSPS) is 13.3. The molecule has 138 valence electrons. The van der Waals surface area contributed by atoms with E-state index in [9.17, 15) is 14.0 Å². The third-order valence-electron chi connectivity index (χ3n) is 3.72. The fourth-order valence-electron chi connectivity index (χ4n) is 2.21. The number of carbonyl (C=O) groups is 2. The van der Waals surface area contributed by atoms with Gasteiger partial charge in [-0.2, -0.15) is 0 Å². The third-order valence-corrected chi connectivity index (χ3v) is 4.79. The molecule has 1 N–H and O–H groups in total. The van der Waals surface area contributed by atoms with E-state index in [2.05, 4.69) is 15.3 Å². The number of aromatic nitrogens is 2. The van der Waals surface area contributed by atoms with E-state index in [0.717, 1.165) is 24.2 Å². The second-order valence-corrected chi connectivity index (χ2v) is 7.08. The SMILES string of the molecule is CN(C)C(=O)c1sc(-c2ccnc(NC(=O)C3CC3)c2)nc1OCCF. The Balaban J connectivity index is 1.87. The van der Waals surface area contributed by atoms with Gasteiger partial charge >= 0.3 is 0 Å². The van der Waals surface area contributed by atoms with E-state index in [0.29, 0.717) is 21.3 Å². The molecule has 7 nitrogen and oxygen atoms in total. The van der Waals surface area contributed by atoms with Gasteiger partial charge in [-0.05, 0) is 25.0 Å². The van der Waals surface area contributed by atoms with E-state index in [-0.39, 0.29) is 30.2 Å². The van der Waals surface area contributed by atoms with Crippen LogP contribution in [-0.2, 0) is 4.79 Å². The molecule has 0 unspecified atom stereocenters. The van der Waals surface area contributed by atoms with Crippen molar-refractivity contribution in [3.8, 4) is 16.5 Å². The number of nitrogens with zero attached hydrogens (tertiary/aromatic N) is 3. The van der Waals surface area contributed by atoms with Crippen LogP contribution in [0.2, 0.25) is 0 Å². The number of hydrogen-bond acceptors (Lipinski definition) is 6. The van der Waals surface area contributed by atoms with Gasteiger partial charge in [-0.3, -0.25) is 9.59 Å². The molecule has 3 rings (SSSR count). The Morgan fingerprint density at radius 1 is 1.42 bits per heavy atom. The number of alkyl halides is 1. The number of pyridine rings is 1. The lowest BCUT2D eigenvalue weighted by Crippen LogP contribution is -2.21. The molecule has 2 amide bonds. The van der Waals surface area contributed by atoms with Gasteiger partial charge in [0.15, 0.2) is 4.88 Å². The Morgan fingerprint density at radius 2 is 2.19 bits per heavy atom. The molecule has 0 atom stereocenters. The van der Waals surface area contributed by atoms with E-state index in [1.807, 2.05) is 0 Å². The van der Waals surface area contributed by atoms with E-state index in [1.165, 1.54) is 4.90 Å². The van der Waals surface area contributed by atoms with Crippen LogP contribution in [0.25, 0.3) is 10.6 Å². The van der Waals surface area contributed by atoms with Crippen molar-refractivity contribution >= 4 is 29.0 Å². The van der Waals surface area contributed by atoms with Crippen LogP contribution in [0, 0.1) is 5.92 Å². The van der Waals surface area contributed by atoms with Gasteiger partial charge in [0, 0.05) is 31.8 Å². The molecule has 9 heteroatoms. The summed E-state index contributed by atoms with van der Waals surface area (Å²) in [4.78, 5) is 34.4. The molecule has 1 aliphatic rings. The molecule has 0 aromatic carbocycles. The number of carbonyl (C=O) groups excluding carboxylic acids is 2. The number of hydrogen-bond donors (Lipinski definition) is 1. The fourth-order valence-corrected chi connectivity index (χ4v) is 3.24. The van der Waals surface area contributed by atoms with Crippen LogP contribution >= 0.6 is 11.3 Å². The number of thiazole rings is 1. The highest BCUT2D eigenvalue weighted by atomic mass is 32.1. The van der Waals surface area contributed by atoms with Gasteiger partial charge in [-0.15, -0.1) is 11.3 Å². The Kier molecular flexibility index (Phi) is 5.46. The largest absolute Gasteiger partial charge is 0.474 e. The number of halogens is 1. The first-order chi connectivity index (χ1) is 12.5. The van der Waals surface area contributed by atoms with Crippen molar-refractivity contribution in [2.45, 2.75) is 12.8 Å². The minimum Gasteiger partial charge on any atom is -0.474 e. The molecule has 2 heterocycles. The van der Waals surface area contributed by atoms with E-state index in [4.69, 9.17) is 4.74 Å². The number of ether oxygens (including phenoxy) is 1. The lowest BCUT2D eigenvalue weighted by atomic mass is 10.2. The highest BCUT2D eigenvalue weighted by molar-refractivity contribution is 7.17. The van der Waals surface area contributed by atoms with Crippen molar-refractivity contribution in [1.82, 2.24) is 14.9 Å². The average molecular weight is 378 g/mol. The molecular weight excluding hydrogens is 359 g/mol. The Hall–Kier alpha value is -2.55. The van der Waals surface area contributed by atoms with E-state index in [1.54, 1.807) is 32.4 Å². The van der Waals surface area contributed by atoms with Crippen molar-refractivity contribution in [2.75, 3.05) is 32.7 Å². The monoisotopic (exact) mass is 378 g/mol. The molecule has 1 saturated carbocycles. The zero-order valence-corrected chi connectivity index (χ0v) is 15.3. The first kappa shape index (κ1) is 18.2. The lowest BCUT2D eigenvalue weighted by molar-refractivity contribution is -0.117. The Bertz CT molecular complexity index is 820. The van der Waals surface area contributed by atoms with Crippen LogP contribution in [-0.4, -0.2) is 54.1 Å². The van der Waals surface area contributed by atoms with E-state index < -0.39 is 6.67 Å². The molecular formula is C17H19FN4O3S. The van der Waals surface area contributed by atoms with Gasteiger partial charge in [0.05, 0.1) is 0 Å². The summed E-state index contributed by atoms with van der Waals surface area (Å²) in [6, 6.07) is 3.43. The molecule has 26 heavy (non-hydrogen) atoms. The predicted molar refractivity (Wildman–Crippen MR) is 96.2 cm³/mol. The van der Waals surface area contributed by atoms with Gasteiger partial charge in [-0.1, -0.05) is 0 Å². The van der Waals surface area contributed by atoms with Crippen LogP contribution in [0.4, 0.5) is 10.2 Å². The summed E-state index contributed by atoms with van der Waals surface area (Å²) in [5.74, 6) is 0.316. The topological polar surface area (TPSA) is 84.4 Å². The van der Waals surface area contributed by atoms with Gasteiger partial charge in [0.2, 0.25) is 11.8 Å². The number of nitrogens with one attached hydrogen (secondary N) is 1. The molecule has 0 bridgehead atoms. The van der Waals surface area contributed by atoms with Gasteiger partial charge in [-0.25, -0.2) is 14.4 Å². The van der Waals surface area contributed by atoms with Crippen LogP contribution < -0.4 is 10.1 Å². The smallest absolute Gasteiger partial charge is 0.269 e. The summed E-state index contributed by atoms with van der Waals surface area (Å²) in [7, 11) is 3.25. The average Bonchev–Trinajstić information content (AvgIpc) is 3.39. The number of anilines is 1. The highest BCUT2D eigenvalue weighted by Crippen LogP contribution is 2.34. The molecule has 0 spiro atoms. The maximum Gasteiger partial charge on any atom is 0.269 e. The Labute approximate surface area is 154 Å². The molecule has 0 radical (unpaired) electrons. The van der Waals surface area contributed by atoms with Crippen molar-refractivity contribution in [1.29, 1.82) is 0 Å².